The van der Waals surface area contributed by atoms with E-state index in [-0.39, 0.29) is 11.7 Å². The maximum absolute atomic E-state index is 14.3. The van der Waals surface area contributed by atoms with Gasteiger partial charge in [-0.3, -0.25) is 0 Å². The summed E-state index contributed by atoms with van der Waals surface area (Å²) in [5.74, 6) is 0.583. The highest BCUT2D eigenvalue weighted by Crippen LogP contribution is 2.38. The molecule has 0 saturated carbocycles. The Kier molecular flexibility index (Phi) is 4.43. The van der Waals surface area contributed by atoms with Crippen molar-refractivity contribution in [2.24, 2.45) is 0 Å². The van der Waals surface area contributed by atoms with Crippen molar-refractivity contribution in [2.75, 3.05) is 7.11 Å². The second kappa shape index (κ2) is 6.35. The lowest BCUT2D eigenvalue weighted by Gasteiger charge is -2.21. The fraction of sp³-hybridized carbons (Fsp3) is 0.429. The molecular formula is C21H25FO. The highest BCUT2D eigenvalue weighted by Gasteiger charge is 2.18. The van der Waals surface area contributed by atoms with Gasteiger partial charge >= 0.3 is 0 Å². The summed E-state index contributed by atoms with van der Waals surface area (Å²) in [7, 11) is 1.61. The Bertz CT molecular complexity index is 731. The lowest BCUT2D eigenvalue weighted by atomic mass is 9.86. The van der Waals surface area contributed by atoms with E-state index in [1.807, 2.05) is 19.9 Å². The average Bonchev–Trinajstić information content (AvgIpc) is 2.53. The van der Waals surface area contributed by atoms with E-state index >= 15 is 0 Å². The van der Waals surface area contributed by atoms with Gasteiger partial charge in [-0.05, 0) is 72.4 Å². The van der Waals surface area contributed by atoms with Gasteiger partial charge in [0, 0.05) is 11.6 Å². The number of hydrogen-bond acceptors (Lipinski definition) is 1. The first-order chi connectivity index (χ1) is 11.0. The molecule has 0 fully saturated rings. The number of methoxy groups -OCH3 is 1. The van der Waals surface area contributed by atoms with E-state index in [1.54, 1.807) is 7.11 Å². The van der Waals surface area contributed by atoms with Crippen LogP contribution in [0.15, 0.2) is 24.3 Å². The van der Waals surface area contributed by atoms with E-state index in [9.17, 15) is 4.39 Å². The van der Waals surface area contributed by atoms with Crippen molar-refractivity contribution < 1.29 is 9.13 Å². The summed E-state index contributed by atoms with van der Waals surface area (Å²) in [6, 6.07) is 8.10. The van der Waals surface area contributed by atoms with Crippen molar-refractivity contribution in [1.29, 1.82) is 0 Å². The summed E-state index contributed by atoms with van der Waals surface area (Å²) in [4.78, 5) is 0. The molecule has 0 atom stereocenters. The van der Waals surface area contributed by atoms with Gasteiger partial charge in [-0.2, -0.15) is 0 Å². The molecule has 0 heterocycles. The van der Waals surface area contributed by atoms with Gasteiger partial charge in [0.05, 0.1) is 7.11 Å². The second-order valence-corrected chi connectivity index (χ2v) is 6.87. The molecule has 0 N–H and O–H groups in total. The lowest BCUT2D eigenvalue weighted by molar-refractivity contribution is 0.412. The van der Waals surface area contributed by atoms with Gasteiger partial charge in [0.25, 0.3) is 0 Å². The van der Waals surface area contributed by atoms with E-state index < -0.39 is 0 Å². The van der Waals surface area contributed by atoms with Crippen molar-refractivity contribution in [3.63, 3.8) is 0 Å². The Balaban J connectivity index is 2.19. The molecule has 1 nitrogen and oxygen atoms in total. The van der Waals surface area contributed by atoms with Crippen LogP contribution in [-0.2, 0) is 12.8 Å². The van der Waals surface area contributed by atoms with Crippen LogP contribution in [0.25, 0.3) is 11.1 Å². The minimum atomic E-state index is -0.184. The summed E-state index contributed by atoms with van der Waals surface area (Å²) in [5, 5.41) is 0. The number of fused-ring (bicyclic) bond motifs is 1. The molecule has 0 amide bonds. The monoisotopic (exact) mass is 312 g/mol. The Labute approximate surface area is 138 Å². The van der Waals surface area contributed by atoms with Crippen LogP contribution in [0.1, 0.15) is 54.9 Å². The average molecular weight is 312 g/mol. The Hall–Kier alpha value is -1.83. The Morgan fingerprint density at radius 1 is 0.957 bits per heavy atom. The number of aryl methyl sites for hydroxylation is 3. The van der Waals surface area contributed by atoms with E-state index in [1.165, 1.54) is 47.6 Å². The first-order valence-electron chi connectivity index (χ1n) is 8.51. The minimum absolute atomic E-state index is 0.151. The number of rotatable bonds is 3. The molecule has 0 aromatic heterocycles. The third kappa shape index (κ3) is 2.99. The molecule has 23 heavy (non-hydrogen) atoms. The SMILES string of the molecule is COc1cc(F)c(C(C)C)cc1-c1cc2c(cc1C)CCCC2. The molecule has 122 valence electrons. The molecule has 3 rings (SSSR count). The van der Waals surface area contributed by atoms with Crippen LogP contribution in [0.5, 0.6) is 5.75 Å². The van der Waals surface area contributed by atoms with Crippen LogP contribution in [0, 0.1) is 12.7 Å². The van der Waals surface area contributed by atoms with Gasteiger partial charge in [-0.1, -0.05) is 26.0 Å². The Morgan fingerprint density at radius 2 is 1.61 bits per heavy atom. The normalized spacial score (nSPS) is 14.0. The molecule has 0 saturated heterocycles. The van der Waals surface area contributed by atoms with E-state index in [4.69, 9.17) is 4.74 Å². The van der Waals surface area contributed by atoms with Crippen LogP contribution in [0.4, 0.5) is 4.39 Å². The second-order valence-electron chi connectivity index (χ2n) is 6.87. The fourth-order valence-corrected chi connectivity index (χ4v) is 3.59. The van der Waals surface area contributed by atoms with Crippen LogP contribution in [-0.4, -0.2) is 7.11 Å². The first kappa shape index (κ1) is 16.0. The zero-order chi connectivity index (χ0) is 16.6. The summed E-state index contributed by atoms with van der Waals surface area (Å²) in [6.45, 7) is 6.19. The topological polar surface area (TPSA) is 9.23 Å². The van der Waals surface area contributed by atoms with Crippen LogP contribution >= 0.6 is 0 Å². The number of benzene rings is 2. The van der Waals surface area contributed by atoms with Crippen molar-refractivity contribution in [1.82, 2.24) is 0 Å². The van der Waals surface area contributed by atoms with E-state index in [0.29, 0.717) is 5.75 Å². The predicted molar refractivity (Wildman–Crippen MR) is 93.9 cm³/mol. The molecule has 0 unspecified atom stereocenters. The zero-order valence-corrected chi connectivity index (χ0v) is 14.5. The first-order valence-corrected chi connectivity index (χ1v) is 8.51. The van der Waals surface area contributed by atoms with Gasteiger partial charge in [-0.25, -0.2) is 4.39 Å². The molecule has 0 spiro atoms. The van der Waals surface area contributed by atoms with Crippen LogP contribution in [0.2, 0.25) is 0 Å². The lowest BCUT2D eigenvalue weighted by Crippen LogP contribution is -2.04. The summed E-state index contributed by atoms with van der Waals surface area (Å²) < 4.78 is 19.8. The third-order valence-corrected chi connectivity index (χ3v) is 4.92. The third-order valence-electron chi connectivity index (χ3n) is 4.92. The summed E-state index contributed by atoms with van der Waals surface area (Å²) >= 11 is 0. The molecule has 0 aliphatic heterocycles. The zero-order valence-electron chi connectivity index (χ0n) is 14.5. The van der Waals surface area contributed by atoms with Gasteiger partial charge in [-0.15, -0.1) is 0 Å². The highest BCUT2D eigenvalue weighted by molar-refractivity contribution is 5.75. The van der Waals surface area contributed by atoms with E-state index in [0.717, 1.165) is 17.5 Å². The summed E-state index contributed by atoms with van der Waals surface area (Å²) in [5.41, 5.74) is 7.08. The van der Waals surface area contributed by atoms with Gasteiger partial charge < -0.3 is 4.74 Å². The number of ether oxygens (including phenoxy) is 1. The van der Waals surface area contributed by atoms with E-state index in [2.05, 4.69) is 19.1 Å². The van der Waals surface area contributed by atoms with Gasteiger partial charge in [0.2, 0.25) is 0 Å². The van der Waals surface area contributed by atoms with Crippen LogP contribution < -0.4 is 4.74 Å². The fourth-order valence-electron chi connectivity index (χ4n) is 3.59. The largest absolute Gasteiger partial charge is 0.496 e. The van der Waals surface area contributed by atoms with Crippen LogP contribution in [0.3, 0.4) is 0 Å². The van der Waals surface area contributed by atoms with Gasteiger partial charge in [0.1, 0.15) is 11.6 Å². The maximum atomic E-state index is 14.3. The summed E-state index contributed by atoms with van der Waals surface area (Å²) in [6.07, 6.45) is 4.86. The maximum Gasteiger partial charge on any atom is 0.130 e. The molecule has 2 heteroatoms. The number of hydrogen-bond donors (Lipinski definition) is 0. The molecule has 2 aromatic carbocycles. The van der Waals surface area contributed by atoms with Crippen molar-refractivity contribution >= 4 is 0 Å². The van der Waals surface area contributed by atoms with Crippen molar-refractivity contribution in [3.8, 4) is 16.9 Å². The molecule has 0 radical (unpaired) electrons. The smallest absolute Gasteiger partial charge is 0.130 e. The van der Waals surface area contributed by atoms with Crippen molar-refractivity contribution in [3.05, 3.63) is 52.3 Å². The molecule has 1 aliphatic carbocycles. The van der Waals surface area contributed by atoms with Gasteiger partial charge in [0.15, 0.2) is 0 Å². The molecule has 0 bridgehead atoms. The van der Waals surface area contributed by atoms with Crippen molar-refractivity contribution in [2.45, 2.75) is 52.4 Å². The predicted octanol–water partition coefficient (Wildman–Crippen LogP) is 5.81. The quantitative estimate of drug-likeness (QED) is 0.694. The highest BCUT2D eigenvalue weighted by atomic mass is 19.1. The molecule has 2 aromatic rings. The minimum Gasteiger partial charge on any atom is -0.496 e. The molecule has 1 aliphatic rings. The standard InChI is InChI=1S/C21H25FO/c1-13(2)17-11-19(21(23-4)12-20(17)22)18-10-16-8-6-5-7-15(16)9-14(18)3/h9-13H,5-8H2,1-4H3. The molecular weight excluding hydrogens is 287 g/mol. The number of halogens is 1. The Morgan fingerprint density at radius 3 is 2.22 bits per heavy atom.